The van der Waals surface area contributed by atoms with Crippen LogP contribution in [0.15, 0.2) is 57.8 Å². The lowest BCUT2D eigenvalue weighted by Gasteiger charge is -2.01. The van der Waals surface area contributed by atoms with Crippen LogP contribution in [0.3, 0.4) is 0 Å². The van der Waals surface area contributed by atoms with E-state index in [-0.39, 0.29) is 10.1 Å². The Balaban J connectivity index is 2.37. The van der Waals surface area contributed by atoms with Crippen molar-refractivity contribution in [1.82, 2.24) is 0 Å². The summed E-state index contributed by atoms with van der Waals surface area (Å²) in [6.07, 6.45) is 0. The summed E-state index contributed by atoms with van der Waals surface area (Å²) >= 11 is 11.5. The minimum atomic E-state index is -3.93. The molecule has 0 radical (unpaired) electrons. The molecule has 7 heteroatoms. The van der Waals surface area contributed by atoms with E-state index in [0.717, 1.165) is 0 Å². The predicted octanol–water partition coefficient (Wildman–Crippen LogP) is 3.85. The van der Waals surface area contributed by atoms with Crippen molar-refractivity contribution in [3.05, 3.63) is 64.9 Å². The molecule has 20 heavy (non-hydrogen) atoms. The lowest BCUT2D eigenvalue weighted by atomic mass is 10.2. The summed E-state index contributed by atoms with van der Waals surface area (Å²) in [7, 11) is -3.93. The van der Waals surface area contributed by atoms with Gasteiger partial charge in [-0.3, -0.25) is 0 Å². The monoisotopic (exact) mass is 331 g/mol. The van der Waals surface area contributed by atoms with Crippen molar-refractivity contribution in [2.75, 3.05) is 0 Å². The van der Waals surface area contributed by atoms with Gasteiger partial charge in [-0.1, -0.05) is 23.2 Å². The third kappa shape index (κ3) is 3.56. The molecule has 0 aromatic heterocycles. The van der Waals surface area contributed by atoms with Crippen molar-refractivity contribution in [3.8, 4) is 0 Å². The zero-order chi connectivity index (χ0) is 14.8. The largest absolute Gasteiger partial charge is 0.283 e. The Morgan fingerprint density at radius 1 is 1.00 bits per heavy atom. The second-order valence-corrected chi connectivity index (χ2v) is 6.22. The Morgan fingerprint density at radius 3 is 2.10 bits per heavy atom. The number of hydrogen-bond donors (Lipinski definition) is 0. The third-order valence-electron chi connectivity index (χ3n) is 2.39. The van der Waals surface area contributed by atoms with Gasteiger partial charge in [0.1, 0.15) is 11.0 Å². The molecule has 0 aliphatic rings. The Kier molecular flexibility index (Phi) is 4.42. The number of nitrogens with zero attached hydrogens (tertiary/aromatic N) is 1. The van der Waals surface area contributed by atoms with E-state index in [2.05, 4.69) is 4.40 Å². The van der Waals surface area contributed by atoms with Crippen LogP contribution in [-0.4, -0.2) is 13.6 Å². The fourth-order valence-electron chi connectivity index (χ4n) is 1.40. The molecule has 0 amide bonds. The third-order valence-corrected chi connectivity index (χ3v) is 4.34. The molecule has 2 rings (SSSR count). The second-order valence-electron chi connectivity index (χ2n) is 3.82. The fourth-order valence-corrected chi connectivity index (χ4v) is 2.83. The van der Waals surface area contributed by atoms with Gasteiger partial charge in [0.2, 0.25) is 0 Å². The van der Waals surface area contributed by atoms with Crippen LogP contribution in [0.5, 0.6) is 0 Å². The molecular weight excluding hydrogens is 324 g/mol. The average molecular weight is 332 g/mol. The molecule has 0 saturated heterocycles. The lowest BCUT2D eigenvalue weighted by molar-refractivity contribution is 0.598. The van der Waals surface area contributed by atoms with Crippen molar-refractivity contribution < 1.29 is 12.8 Å². The Morgan fingerprint density at radius 2 is 1.55 bits per heavy atom. The number of halogens is 3. The summed E-state index contributed by atoms with van der Waals surface area (Å²) in [4.78, 5) is -0.0258. The van der Waals surface area contributed by atoms with Crippen molar-refractivity contribution in [2.45, 2.75) is 4.90 Å². The van der Waals surface area contributed by atoms with Crippen molar-refractivity contribution in [1.29, 1.82) is 0 Å². The first kappa shape index (κ1) is 15.0. The van der Waals surface area contributed by atoms with Crippen LogP contribution >= 0.6 is 23.2 Å². The molecule has 0 bridgehead atoms. The molecule has 0 atom stereocenters. The summed E-state index contributed by atoms with van der Waals surface area (Å²) in [5.41, 5.74) is 0.311. The molecule has 0 unspecified atom stereocenters. The average Bonchev–Trinajstić information content (AvgIpc) is 2.39. The molecule has 0 heterocycles. The molecular formula is C13H8Cl2FNO2S. The highest BCUT2D eigenvalue weighted by Gasteiger charge is 2.14. The van der Waals surface area contributed by atoms with E-state index in [1.807, 2.05) is 0 Å². The molecule has 0 fully saturated rings. The van der Waals surface area contributed by atoms with E-state index in [1.165, 1.54) is 48.5 Å². The van der Waals surface area contributed by atoms with Gasteiger partial charge in [-0.2, -0.15) is 8.42 Å². The first-order valence-electron chi connectivity index (χ1n) is 5.40. The van der Waals surface area contributed by atoms with Crippen LogP contribution in [0.25, 0.3) is 0 Å². The first-order chi connectivity index (χ1) is 9.38. The highest BCUT2D eigenvalue weighted by atomic mass is 35.5. The lowest BCUT2D eigenvalue weighted by Crippen LogP contribution is -2.01. The highest BCUT2D eigenvalue weighted by molar-refractivity contribution is 7.90. The maximum Gasteiger partial charge on any atom is 0.283 e. The van der Waals surface area contributed by atoms with Crippen LogP contribution in [-0.2, 0) is 10.0 Å². The maximum atomic E-state index is 12.8. The van der Waals surface area contributed by atoms with Gasteiger partial charge in [0.15, 0.2) is 0 Å². The van der Waals surface area contributed by atoms with Gasteiger partial charge in [0.25, 0.3) is 10.0 Å². The van der Waals surface area contributed by atoms with E-state index in [0.29, 0.717) is 10.6 Å². The quantitative estimate of drug-likeness (QED) is 0.802. The molecule has 2 aromatic rings. The van der Waals surface area contributed by atoms with Crippen LogP contribution < -0.4 is 0 Å². The topological polar surface area (TPSA) is 46.5 Å². The van der Waals surface area contributed by atoms with E-state index in [1.54, 1.807) is 0 Å². The Labute approximate surface area is 125 Å². The minimum absolute atomic E-state index is 0.0258. The zero-order valence-electron chi connectivity index (χ0n) is 9.92. The highest BCUT2D eigenvalue weighted by Crippen LogP contribution is 2.18. The normalized spacial score (nSPS) is 12.4. The van der Waals surface area contributed by atoms with Gasteiger partial charge >= 0.3 is 0 Å². The van der Waals surface area contributed by atoms with Gasteiger partial charge in [-0.05, 0) is 48.5 Å². The van der Waals surface area contributed by atoms with E-state index >= 15 is 0 Å². The van der Waals surface area contributed by atoms with Crippen LogP contribution in [0.4, 0.5) is 4.39 Å². The molecule has 3 nitrogen and oxygen atoms in total. The van der Waals surface area contributed by atoms with Gasteiger partial charge in [0, 0.05) is 10.6 Å². The van der Waals surface area contributed by atoms with Gasteiger partial charge in [-0.25, -0.2) is 4.39 Å². The number of rotatable bonds is 3. The SMILES string of the molecule is O=S(=O)(/N=C(/Cl)c1ccc(F)cc1)c1ccc(Cl)cc1. The van der Waals surface area contributed by atoms with E-state index < -0.39 is 15.8 Å². The smallest absolute Gasteiger partial charge is 0.207 e. The summed E-state index contributed by atoms with van der Waals surface area (Å²) in [5.74, 6) is -0.446. The number of sulfonamides is 1. The zero-order valence-corrected chi connectivity index (χ0v) is 12.3. The Bertz CT molecular complexity index is 741. The van der Waals surface area contributed by atoms with Crippen LogP contribution in [0, 0.1) is 5.82 Å². The Hall–Kier alpha value is -1.43. The van der Waals surface area contributed by atoms with Gasteiger partial charge in [-0.15, -0.1) is 4.40 Å². The summed E-state index contributed by atoms with van der Waals surface area (Å²) in [6, 6.07) is 10.6. The molecule has 0 aliphatic heterocycles. The molecule has 2 aromatic carbocycles. The summed E-state index contributed by atoms with van der Waals surface area (Å²) in [6.45, 7) is 0. The van der Waals surface area contributed by atoms with Crippen molar-refractivity contribution in [2.24, 2.45) is 4.40 Å². The van der Waals surface area contributed by atoms with E-state index in [9.17, 15) is 12.8 Å². The van der Waals surface area contributed by atoms with Gasteiger partial charge in [0.05, 0.1) is 4.90 Å². The molecule has 0 aliphatic carbocycles. The summed E-state index contributed by atoms with van der Waals surface area (Å²) in [5, 5.41) is 0.178. The molecule has 0 saturated carbocycles. The second kappa shape index (κ2) is 5.91. The minimum Gasteiger partial charge on any atom is -0.207 e. The molecule has 0 N–H and O–H groups in total. The first-order valence-corrected chi connectivity index (χ1v) is 7.60. The predicted molar refractivity (Wildman–Crippen MR) is 77.4 cm³/mol. The van der Waals surface area contributed by atoms with Crippen LogP contribution in [0.2, 0.25) is 5.02 Å². The number of benzene rings is 2. The van der Waals surface area contributed by atoms with Crippen molar-refractivity contribution >= 4 is 38.4 Å². The summed E-state index contributed by atoms with van der Waals surface area (Å²) < 4.78 is 40.3. The van der Waals surface area contributed by atoms with Crippen LogP contribution in [0.1, 0.15) is 5.56 Å². The van der Waals surface area contributed by atoms with Gasteiger partial charge < -0.3 is 0 Å². The molecule has 104 valence electrons. The van der Waals surface area contributed by atoms with Crippen molar-refractivity contribution in [3.63, 3.8) is 0 Å². The molecule has 0 spiro atoms. The number of hydrogen-bond acceptors (Lipinski definition) is 2. The van der Waals surface area contributed by atoms with E-state index in [4.69, 9.17) is 23.2 Å². The standard InChI is InChI=1S/C13H8Cl2FNO2S/c14-10-3-7-12(8-4-10)20(18,19)17-13(15)9-1-5-11(16)6-2-9/h1-8H/b17-13+. The fraction of sp³-hybridized carbons (Fsp3) is 0. The maximum absolute atomic E-state index is 12.8.